The molecule has 7 heteroatoms. The van der Waals surface area contributed by atoms with Crippen LogP contribution in [0.25, 0.3) is 0 Å². The SMILES string of the molecule is C=C(CN1C(=O)CCc2cc(SCc3ccc(OCc4ccc(C(C)(F)F)cc4)cc3)ccc21)OC. The van der Waals surface area contributed by atoms with E-state index in [-0.39, 0.29) is 11.5 Å². The maximum Gasteiger partial charge on any atom is 0.270 e. The smallest absolute Gasteiger partial charge is 0.270 e. The molecule has 0 atom stereocenters. The first-order valence-corrected chi connectivity index (χ1v) is 12.7. The number of hydrogen-bond donors (Lipinski definition) is 0. The van der Waals surface area contributed by atoms with Crippen LogP contribution in [0.3, 0.4) is 0 Å². The van der Waals surface area contributed by atoms with E-state index in [0.717, 1.165) is 52.1 Å². The number of nitrogens with zero attached hydrogens (tertiary/aromatic N) is 1. The zero-order valence-corrected chi connectivity index (χ0v) is 21.2. The average molecular weight is 510 g/mol. The van der Waals surface area contributed by atoms with Crippen molar-refractivity contribution < 1.29 is 23.0 Å². The quantitative estimate of drug-likeness (QED) is 0.216. The molecule has 188 valence electrons. The molecule has 0 bridgehead atoms. The summed E-state index contributed by atoms with van der Waals surface area (Å²) in [6.45, 7) is 5.42. The van der Waals surface area contributed by atoms with E-state index in [1.54, 1.807) is 35.9 Å². The third-order valence-electron chi connectivity index (χ3n) is 6.07. The zero-order valence-electron chi connectivity index (χ0n) is 20.4. The van der Waals surface area contributed by atoms with Gasteiger partial charge < -0.3 is 14.4 Å². The van der Waals surface area contributed by atoms with E-state index in [9.17, 15) is 13.6 Å². The van der Waals surface area contributed by atoms with Crippen LogP contribution in [0.15, 0.2) is 84.0 Å². The number of hydrogen-bond acceptors (Lipinski definition) is 4. The van der Waals surface area contributed by atoms with Crippen molar-refractivity contribution in [2.45, 2.75) is 42.9 Å². The molecule has 4 rings (SSSR count). The van der Waals surface area contributed by atoms with Gasteiger partial charge in [0.1, 0.15) is 18.1 Å². The van der Waals surface area contributed by atoms with Gasteiger partial charge in [-0.3, -0.25) is 4.79 Å². The van der Waals surface area contributed by atoms with E-state index < -0.39 is 5.92 Å². The Morgan fingerprint density at radius 2 is 1.72 bits per heavy atom. The molecular formula is C29H29F2NO3S. The van der Waals surface area contributed by atoms with Gasteiger partial charge in [-0.25, -0.2) is 8.78 Å². The van der Waals surface area contributed by atoms with Crippen molar-refractivity contribution in [3.8, 4) is 5.75 Å². The van der Waals surface area contributed by atoms with Crippen LogP contribution in [0.2, 0.25) is 0 Å². The lowest BCUT2D eigenvalue weighted by atomic mass is 10.0. The van der Waals surface area contributed by atoms with Crippen LogP contribution in [0.5, 0.6) is 5.75 Å². The Balaban J connectivity index is 1.31. The third kappa shape index (κ3) is 6.46. The second-order valence-corrected chi connectivity index (χ2v) is 9.87. The second kappa shape index (κ2) is 11.2. The number of anilines is 1. The van der Waals surface area contributed by atoms with Gasteiger partial charge in [0.2, 0.25) is 5.91 Å². The highest BCUT2D eigenvalue weighted by molar-refractivity contribution is 7.98. The van der Waals surface area contributed by atoms with Gasteiger partial charge in [0.15, 0.2) is 0 Å². The predicted molar refractivity (Wildman–Crippen MR) is 140 cm³/mol. The summed E-state index contributed by atoms with van der Waals surface area (Å²) >= 11 is 1.74. The normalized spacial score (nSPS) is 13.3. The van der Waals surface area contributed by atoms with Gasteiger partial charge >= 0.3 is 0 Å². The van der Waals surface area contributed by atoms with Gasteiger partial charge in [-0.1, -0.05) is 43.0 Å². The number of carbonyl (C=O) groups is 1. The van der Waals surface area contributed by atoms with Crippen LogP contribution in [-0.2, 0) is 34.2 Å². The highest BCUT2D eigenvalue weighted by atomic mass is 32.2. The summed E-state index contributed by atoms with van der Waals surface area (Å²) in [5, 5.41) is 0. The standard InChI is InChI=1S/C29H29F2NO3S/c1-20(34-3)17-32-27-14-13-26(16-23(27)8-15-28(32)33)36-19-22-6-11-25(12-7-22)35-18-21-4-9-24(10-5-21)29(2,30)31/h4-7,9-14,16H,1,8,15,17-19H2,2-3H3. The number of carbonyl (C=O) groups excluding carboxylic acids is 1. The van der Waals surface area contributed by atoms with Crippen molar-refractivity contribution >= 4 is 23.4 Å². The number of thioether (sulfide) groups is 1. The highest BCUT2D eigenvalue weighted by Crippen LogP contribution is 2.33. The molecule has 3 aromatic carbocycles. The second-order valence-electron chi connectivity index (χ2n) is 8.82. The molecule has 0 unspecified atom stereocenters. The lowest BCUT2D eigenvalue weighted by Crippen LogP contribution is -2.36. The van der Waals surface area contributed by atoms with Crippen molar-refractivity contribution in [3.05, 3.63) is 101 Å². The van der Waals surface area contributed by atoms with Crippen molar-refractivity contribution in [3.63, 3.8) is 0 Å². The van der Waals surface area contributed by atoms with E-state index in [0.29, 0.717) is 25.3 Å². The molecule has 0 aliphatic carbocycles. The fourth-order valence-corrected chi connectivity index (χ4v) is 4.86. The van der Waals surface area contributed by atoms with Crippen LogP contribution in [0, 0.1) is 0 Å². The van der Waals surface area contributed by atoms with Crippen LogP contribution < -0.4 is 9.64 Å². The van der Waals surface area contributed by atoms with E-state index in [1.165, 1.54) is 12.1 Å². The molecule has 1 amide bonds. The summed E-state index contributed by atoms with van der Waals surface area (Å²) < 4.78 is 37.7. The predicted octanol–water partition coefficient (Wildman–Crippen LogP) is 7.11. The number of halogens is 2. The molecule has 36 heavy (non-hydrogen) atoms. The molecule has 0 fully saturated rings. The fraction of sp³-hybridized carbons (Fsp3) is 0.276. The zero-order chi connectivity index (χ0) is 25.7. The van der Waals surface area contributed by atoms with Gasteiger partial charge in [0, 0.05) is 35.2 Å². The molecule has 0 aromatic heterocycles. The Morgan fingerprint density at radius 3 is 2.39 bits per heavy atom. The Bertz CT molecular complexity index is 1220. The van der Waals surface area contributed by atoms with E-state index in [1.807, 2.05) is 36.4 Å². The molecule has 0 spiro atoms. The lowest BCUT2D eigenvalue weighted by molar-refractivity contribution is -0.118. The summed E-state index contributed by atoms with van der Waals surface area (Å²) in [4.78, 5) is 15.3. The number of ether oxygens (including phenoxy) is 2. The number of alkyl halides is 2. The van der Waals surface area contributed by atoms with Crippen LogP contribution in [0.4, 0.5) is 14.5 Å². The molecule has 0 N–H and O–H groups in total. The monoisotopic (exact) mass is 509 g/mol. The molecular weight excluding hydrogens is 480 g/mol. The van der Waals surface area contributed by atoms with Crippen molar-refractivity contribution in [1.29, 1.82) is 0 Å². The number of aryl methyl sites for hydroxylation is 1. The first-order valence-electron chi connectivity index (χ1n) is 11.7. The minimum atomic E-state index is -2.84. The minimum Gasteiger partial charge on any atom is -0.500 e. The van der Waals surface area contributed by atoms with Crippen LogP contribution in [0.1, 0.15) is 35.6 Å². The van der Waals surface area contributed by atoms with Gasteiger partial charge in [-0.2, -0.15) is 0 Å². The number of amides is 1. The van der Waals surface area contributed by atoms with E-state index in [4.69, 9.17) is 9.47 Å². The van der Waals surface area contributed by atoms with Crippen molar-refractivity contribution in [2.24, 2.45) is 0 Å². The van der Waals surface area contributed by atoms with Gasteiger partial charge in [0.05, 0.1) is 13.7 Å². The summed E-state index contributed by atoms with van der Waals surface area (Å²) in [5.41, 5.74) is 4.07. The Kier molecular flexibility index (Phi) is 7.99. The molecule has 0 saturated heterocycles. The topological polar surface area (TPSA) is 38.8 Å². The van der Waals surface area contributed by atoms with Gasteiger partial charge in [0.25, 0.3) is 5.92 Å². The van der Waals surface area contributed by atoms with E-state index >= 15 is 0 Å². The number of fused-ring (bicyclic) bond motifs is 1. The molecule has 3 aromatic rings. The molecule has 1 aliphatic heterocycles. The van der Waals surface area contributed by atoms with Crippen molar-refractivity contribution in [2.75, 3.05) is 18.6 Å². The molecule has 1 heterocycles. The summed E-state index contributed by atoms with van der Waals surface area (Å²) in [7, 11) is 1.56. The van der Waals surface area contributed by atoms with Gasteiger partial charge in [-0.05, 0) is 53.4 Å². The first-order chi connectivity index (χ1) is 17.2. The fourth-order valence-electron chi connectivity index (χ4n) is 3.95. The maximum atomic E-state index is 13.3. The summed E-state index contributed by atoms with van der Waals surface area (Å²) in [6.07, 6.45) is 1.21. The Morgan fingerprint density at radius 1 is 1.03 bits per heavy atom. The summed E-state index contributed by atoms with van der Waals surface area (Å²) in [5.74, 6) is -0.672. The Labute approximate surface area is 214 Å². The average Bonchev–Trinajstić information content (AvgIpc) is 2.88. The summed E-state index contributed by atoms with van der Waals surface area (Å²) in [6, 6.07) is 20.3. The molecule has 1 aliphatic rings. The first kappa shape index (κ1) is 25.8. The maximum absolute atomic E-state index is 13.3. The van der Waals surface area contributed by atoms with Crippen LogP contribution in [-0.4, -0.2) is 19.6 Å². The largest absolute Gasteiger partial charge is 0.500 e. The number of benzene rings is 3. The van der Waals surface area contributed by atoms with Crippen LogP contribution >= 0.6 is 11.8 Å². The van der Waals surface area contributed by atoms with Crippen molar-refractivity contribution in [1.82, 2.24) is 0 Å². The van der Waals surface area contributed by atoms with E-state index in [2.05, 4.69) is 12.6 Å². The number of methoxy groups -OCH3 is 1. The molecule has 0 saturated carbocycles. The van der Waals surface area contributed by atoms with Gasteiger partial charge in [-0.15, -0.1) is 11.8 Å². The Hall–Kier alpha value is -3.32. The molecule has 4 nitrogen and oxygen atoms in total. The lowest BCUT2D eigenvalue weighted by Gasteiger charge is -2.30. The third-order valence-corrected chi connectivity index (χ3v) is 7.13. The number of rotatable bonds is 10. The highest BCUT2D eigenvalue weighted by Gasteiger charge is 2.25. The molecule has 0 radical (unpaired) electrons. The minimum absolute atomic E-state index is 0.00478.